The Hall–Kier alpha value is -3.75. The molecule has 2 atom stereocenters. The van der Waals surface area contributed by atoms with Crippen LogP contribution in [-0.4, -0.2) is 55.7 Å². The van der Waals surface area contributed by atoms with Gasteiger partial charge in [0, 0.05) is 79.7 Å². The molecule has 2 fully saturated rings. The molecule has 1 aromatic carbocycles. The first-order valence-corrected chi connectivity index (χ1v) is 12.1. The fourth-order valence-corrected chi connectivity index (χ4v) is 5.65. The first kappa shape index (κ1) is 21.8. The van der Waals surface area contributed by atoms with E-state index in [0.717, 1.165) is 30.8 Å². The highest BCUT2D eigenvalue weighted by molar-refractivity contribution is 5.93. The van der Waals surface area contributed by atoms with E-state index >= 15 is 0 Å². The van der Waals surface area contributed by atoms with Crippen LogP contribution in [0.1, 0.15) is 34.3 Å². The first-order chi connectivity index (χ1) is 17.2. The molecule has 8 heteroatoms. The molecule has 3 aromatic heterocycles. The van der Waals surface area contributed by atoms with Crippen molar-refractivity contribution in [3.8, 4) is 0 Å². The first-order valence-electron chi connectivity index (χ1n) is 12.1. The number of piperazine rings is 1. The second kappa shape index (κ2) is 9.13. The van der Waals surface area contributed by atoms with Crippen LogP contribution < -0.4 is 10.4 Å². The minimum Gasteiger partial charge on any atom is -0.368 e. The van der Waals surface area contributed by atoms with Gasteiger partial charge in [0.05, 0.1) is 0 Å². The fourth-order valence-electron chi connectivity index (χ4n) is 5.65. The minimum atomic E-state index is -0.510. The number of benzene rings is 1. The van der Waals surface area contributed by atoms with E-state index in [1.807, 2.05) is 36.8 Å². The van der Waals surface area contributed by atoms with Gasteiger partial charge in [-0.1, -0.05) is 18.2 Å². The number of hydrogen-bond acceptors (Lipinski definition) is 6. The summed E-state index contributed by atoms with van der Waals surface area (Å²) < 4.78 is 2.15. The van der Waals surface area contributed by atoms with E-state index < -0.39 is 5.91 Å². The summed E-state index contributed by atoms with van der Waals surface area (Å²) in [5.74, 6) is -0.510. The Morgan fingerprint density at radius 2 is 1.77 bits per heavy atom. The number of fused-ring (bicyclic) bond motifs is 3. The molecular weight excluding hydrogens is 440 g/mol. The Morgan fingerprint density at radius 3 is 2.49 bits per heavy atom. The average molecular weight is 469 g/mol. The predicted octanol–water partition coefficient (Wildman–Crippen LogP) is 3.45. The van der Waals surface area contributed by atoms with Crippen LogP contribution in [0.4, 0.5) is 5.69 Å². The number of carbonyl (C=O) groups excluding carboxylic acids is 1. The molecule has 6 rings (SSSR count). The Bertz CT molecular complexity index is 1320. The third-order valence-electron chi connectivity index (χ3n) is 7.37. The van der Waals surface area contributed by atoms with Gasteiger partial charge in [-0.25, -0.2) is 10.5 Å². The van der Waals surface area contributed by atoms with Crippen LogP contribution in [0.15, 0.2) is 73.3 Å². The fraction of sp³-hybridized carbons (Fsp3) is 0.296. The van der Waals surface area contributed by atoms with E-state index in [1.165, 1.54) is 29.5 Å². The highest BCUT2D eigenvalue weighted by Gasteiger charge is 2.40. The van der Waals surface area contributed by atoms with Crippen molar-refractivity contribution in [3.63, 3.8) is 0 Å². The van der Waals surface area contributed by atoms with Crippen LogP contribution in [0, 0.1) is 0 Å². The third kappa shape index (κ3) is 4.15. The molecule has 2 saturated heterocycles. The summed E-state index contributed by atoms with van der Waals surface area (Å²) in [7, 11) is 0. The van der Waals surface area contributed by atoms with E-state index in [9.17, 15) is 4.79 Å². The topological polar surface area (TPSA) is 86.5 Å². The molecule has 2 aliphatic rings. The standard InChI is InChI=1S/C27H28N6O2/c34-27(30-35)21-5-3-19(4-6-21)15-31-13-10-24-25(9-12-29-26(24)31)32-17-22-7-8-23(18-32)33(22)16-20-2-1-11-28-14-20/h1-6,9-14,22-23,35H,7-8,15-18H2,(H,30,34). The summed E-state index contributed by atoms with van der Waals surface area (Å²) in [5.41, 5.74) is 6.65. The van der Waals surface area contributed by atoms with E-state index in [1.54, 1.807) is 17.6 Å². The summed E-state index contributed by atoms with van der Waals surface area (Å²) in [6.45, 7) is 3.67. The monoisotopic (exact) mass is 468 g/mol. The molecule has 2 bridgehead atoms. The molecule has 0 radical (unpaired) electrons. The molecule has 5 heterocycles. The number of amides is 1. The zero-order chi connectivity index (χ0) is 23.8. The molecule has 0 saturated carbocycles. The maximum Gasteiger partial charge on any atom is 0.274 e. The average Bonchev–Trinajstić information content (AvgIpc) is 3.40. The lowest BCUT2D eigenvalue weighted by atomic mass is 10.1. The zero-order valence-electron chi connectivity index (χ0n) is 19.4. The second-order valence-electron chi connectivity index (χ2n) is 9.47. The normalized spacial score (nSPS) is 19.9. The summed E-state index contributed by atoms with van der Waals surface area (Å²) in [5, 5.41) is 9.98. The Morgan fingerprint density at radius 1 is 0.971 bits per heavy atom. The van der Waals surface area contributed by atoms with E-state index in [0.29, 0.717) is 24.2 Å². The van der Waals surface area contributed by atoms with E-state index in [2.05, 4.69) is 43.7 Å². The van der Waals surface area contributed by atoms with Gasteiger partial charge in [-0.15, -0.1) is 0 Å². The minimum absolute atomic E-state index is 0.423. The van der Waals surface area contributed by atoms with Crippen molar-refractivity contribution >= 4 is 22.6 Å². The highest BCUT2D eigenvalue weighted by Crippen LogP contribution is 2.36. The second-order valence-corrected chi connectivity index (χ2v) is 9.47. The van der Waals surface area contributed by atoms with Crippen molar-refractivity contribution < 1.29 is 10.0 Å². The molecule has 2 unspecified atom stereocenters. The van der Waals surface area contributed by atoms with Gasteiger partial charge in [-0.3, -0.25) is 19.9 Å². The molecule has 178 valence electrons. The van der Waals surface area contributed by atoms with Gasteiger partial charge in [0.2, 0.25) is 0 Å². The quantitative estimate of drug-likeness (QED) is 0.333. The molecule has 0 aliphatic carbocycles. The smallest absolute Gasteiger partial charge is 0.274 e. The van der Waals surface area contributed by atoms with Crippen LogP contribution in [0.2, 0.25) is 0 Å². The summed E-state index contributed by atoms with van der Waals surface area (Å²) in [4.78, 5) is 25.8. The molecule has 0 spiro atoms. The summed E-state index contributed by atoms with van der Waals surface area (Å²) in [6.07, 6.45) is 10.3. The van der Waals surface area contributed by atoms with Crippen LogP contribution in [0.3, 0.4) is 0 Å². The Kier molecular flexibility index (Phi) is 5.67. The molecule has 2 N–H and O–H groups in total. The number of carbonyl (C=O) groups is 1. The van der Waals surface area contributed by atoms with Crippen molar-refractivity contribution in [1.29, 1.82) is 0 Å². The number of hydroxylamine groups is 1. The Labute approximate surface area is 203 Å². The molecule has 4 aromatic rings. The van der Waals surface area contributed by atoms with Gasteiger partial charge in [0.15, 0.2) is 0 Å². The summed E-state index contributed by atoms with van der Waals surface area (Å²) >= 11 is 0. The number of rotatable bonds is 6. The number of pyridine rings is 2. The van der Waals surface area contributed by atoms with Crippen molar-refractivity contribution in [3.05, 3.63) is 90.0 Å². The summed E-state index contributed by atoms with van der Waals surface area (Å²) in [6, 6.07) is 16.8. The van der Waals surface area contributed by atoms with Crippen molar-refractivity contribution in [2.24, 2.45) is 0 Å². The Balaban J connectivity index is 1.21. The van der Waals surface area contributed by atoms with Crippen LogP contribution >= 0.6 is 0 Å². The maximum absolute atomic E-state index is 11.6. The van der Waals surface area contributed by atoms with Crippen molar-refractivity contribution in [2.45, 2.75) is 38.0 Å². The lowest BCUT2D eigenvalue weighted by molar-refractivity contribution is 0.0706. The van der Waals surface area contributed by atoms with Gasteiger partial charge >= 0.3 is 0 Å². The van der Waals surface area contributed by atoms with E-state index in [4.69, 9.17) is 10.2 Å². The van der Waals surface area contributed by atoms with Gasteiger partial charge < -0.3 is 9.47 Å². The largest absolute Gasteiger partial charge is 0.368 e. The van der Waals surface area contributed by atoms with Gasteiger partial charge in [0.25, 0.3) is 5.91 Å². The number of nitrogens with zero attached hydrogens (tertiary/aromatic N) is 5. The number of hydrogen-bond donors (Lipinski definition) is 2. The number of nitrogens with one attached hydrogen (secondary N) is 1. The molecule has 2 aliphatic heterocycles. The highest BCUT2D eigenvalue weighted by atomic mass is 16.5. The SMILES string of the molecule is O=C(NO)c1ccc(Cn2ccc3c(N4CC5CCC(C4)N5Cc4cccnc4)ccnc32)cc1. The molecule has 35 heavy (non-hydrogen) atoms. The van der Waals surface area contributed by atoms with Crippen molar-refractivity contribution in [2.75, 3.05) is 18.0 Å². The molecular formula is C27H28N6O2. The third-order valence-corrected chi connectivity index (χ3v) is 7.37. The van der Waals surface area contributed by atoms with Crippen molar-refractivity contribution in [1.82, 2.24) is 24.9 Å². The lowest BCUT2D eigenvalue weighted by Gasteiger charge is -2.42. The molecule has 8 nitrogen and oxygen atoms in total. The van der Waals surface area contributed by atoms with Gasteiger partial charge in [0.1, 0.15) is 5.65 Å². The lowest BCUT2D eigenvalue weighted by Crippen LogP contribution is -2.53. The molecule has 1 amide bonds. The van der Waals surface area contributed by atoms with Gasteiger partial charge in [-0.05, 0) is 54.3 Å². The maximum atomic E-state index is 11.6. The van der Waals surface area contributed by atoms with Crippen LogP contribution in [0.5, 0.6) is 0 Å². The van der Waals surface area contributed by atoms with E-state index in [-0.39, 0.29) is 0 Å². The van der Waals surface area contributed by atoms with Gasteiger partial charge in [-0.2, -0.15) is 0 Å². The number of anilines is 1. The van der Waals surface area contributed by atoms with Crippen LogP contribution in [0.25, 0.3) is 11.0 Å². The predicted molar refractivity (Wildman–Crippen MR) is 133 cm³/mol. The van der Waals surface area contributed by atoms with Crippen LogP contribution in [-0.2, 0) is 13.1 Å². The number of aromatic nitrogens is 3. The zero-order valence-corrected chi connectivity index (χ0v) is 19.4.